The van der Waals surface area contributed by atoms with Gasteiger partial charge in [0.25, 0.3) is 0 Å². The standard InChI is InChI=1S/C38H54O2/c1-7-13-15-17-19-21-23-25-27-29-31-39-37-33(9-3)35(11-5)38(36(12-6)34(37)10-4)40-32-30-28-26-24-22-20-18-16-14-8-2/h3-6H,7-8,13-32H2,1-2H3. The molecule has 0 saturated carbocycles. The van der Waals surface area contributed by atoms with Crippen molar-refractivity contribution in [2.24, 2.45) is 0 Å². The molecule has 0 aliphatic heterocycles. The fourth-order valence-corrected chi connectivity index (χ4v) is 5.07. The van der Waals surface area contributed by atoms with E-state index in [9.17, 15) is 0 Å². The van der Waals surface area contributed by atoms with Crippen LogP contribution in [0.5, 0.6) is 11.5 Å². The summed E-state index contributed by atoms with van der Waals surface area (Å²) in [6.45, 7) is 5.55. The van der Waals surface area contributed by atoms with Gasteiger partial charge in [-0.1, -0.05) is 153 Å². The van der Waals surface area contributed by atoms with Crippen LogP contribution in [0.25, 0.3) is 0 Å². The Bertz CT molecular complexity index is 855. The molecule has 0 unspecified atom stereocenters. The Labute approximate surface area is 247 Å². The van der Waals surface area contributed by atoms with Gasteiger partial charge >= 0.3 is 0 Å². The Morgan fingerprint density at radius 1 is 0.375 bits per heavy atom. The van der Waals surface area contributed by atoms with Crippen LogP contribution < -0.4 is 9.47 Å². The van der Waals surface area contributed by atoms with E-state index in [0.29, 0.717) is 47.0 Å². The molecule has 2 nitrogen and oxygen atoms in total. The number of unbranched alkanes of at least 4 members (excludes halogenated alkanes) is 18. The monoisotopic (exact) mass is 542 g/mol. The summed E-state index contributed by atoms with van der Waals surface area (Å²) in [5, 5.41) is 0. The third kappa shape index (κ3) is 13.4. The number of hydrogen-bond donors (Lipinski definition) is 0. The van der Waals surface area contributed by atoms with Gasteiger partial charge in [0.05, 0.1) is 35.5 Å². The van der Waals surface area contributed by atoms with E-state index >= 15 is 0 Å². The predicted octanol–water partition coefficient (Wildman–Crippen LogP) is 10.2. The summed E-state index contributed by atoms with van der Waals surface area (Å²) in [7, 11) is 0. The van der Waals surface area contributed by atoms with Crippen molar-refractivity contribution < 1.29 is 9.47 Å². The van der Waals surface area contributed by atoms with Gasteiger partial charge in [-0.25, -0.2) is 0 Å². The van der Waals surface area contributed by atoms with E-state index in [0.717, 1.165) is 25.7 Å². The Morgan fingerprint density at radius 2 is 0.600 bits per heavy atom. The van der Waals surface area contributed by atoms with Gasteiger partial charge in [0, 0.05) is 0 Å². The normalized spacial score (nSPS) is 10.3. The van der Waals surface area contributed by atoms with Crippen LogP contribution in [-0.4, -0.2) is 13.2 Å². The van der Waals surface area contributed by atoms with E-state index in [1.807, 2.05) is 0 Å². The third-order valence-corrected chi connectivity index (χ3v) is 7.47. The molecule has 0 atom stereocenters. The summed E-state index contributed by atoms with van der Waals surface area (Å²) in [5.41, 5.74) is 1.83. The lowest BCUT2D eigenvalue weighted by Gasteiger charge is -2.19. The first-order chi connectivity index (χ1) is 19.7. The van der Waals surface area contributed by atoms with Crippen LogP contribution in [0.3, 0.4) is 0 Å². The van der Waals surface area contributed by atoms with Crippen molar-refractivity contribution >= 4 is 0 Å². The molecule has 0 aliphatic carbocycles. The maximum atomic E-state index is 6.14. The average Bonchev–Trinajstić information content (AvgIpc) is 2.97. The molecule has 0 fully saturated rings. The maximum absolute atomic E-state index is 6.14. The quantitative estimate of drug-likeness (QED) is 0.0955. The van der Waals surface area contributed by atoms with Crippen molar-refractivity contribution in [2.45, 2.75) is 142 Å². The lowest BCUT2D eigenvalue weighted by Crippen LogP contribution is -2.09. The molecule has 0 bridgehead atoms. The number of benzene rings is 1. The predicted molar refractivity (Wildman–Crippen MR) is 173 cm³/mol. The lowest BCUT2D eigenvalue weighted by atomic mass is 9.95. The molecular weight excluding hydrogens is 488 g/mol. The minimum atomic E-state index is 0.438. The minimum absolute atomic E-state index is 0.438. The molecule has 218 valence electrons. The molecule has 1 aromatic rings. The van der Waals surface area contributed by atoms with Crippen LogP contribution in [0.1, 0.15) is 165 Å². The molecule has 0 spiro atoms. The molecule has 0 aromatic heterocycles. The van der Waals surface area contributed by atoms with Crippen molar-refractivity contribution in [3.05, 3.63) is 22.3 Å². The van der Waals surface area contributed by atoms with E-state index in [-0.39, 0.29) is 0 Å². The van der Waals surface area contributed by atoms with Crippen LogP contribution >= 0.6 is 0 Å². The Kier molecular flexibility index (Phi) is 21.0. The lowest BCUT2D eigenvalue weighted by molar-refractivity contribution is 0.293. The molecule has 0 aliphatic rings. The molecule has 1 aromatic carbocycles. The summed E-state index contributed by atoms with van der Waals surface area (Å²) in [6, 6.07) is 0. The zero-order valence-electron chi connectivity index (χ0n) is 25.7. The summed E-state index contributed by atoms with van der Waals surface area (Å²) >= 11 is 0. The largest absolute Gasteiger partial charge is 0.491 e. The molecule has 0 amide bonds. The van der Waals surface area contributed by atoms with Crippen LogP contribution in [-0.2, 0) is 0 Å². The molecule has 1 rings (SSSR count). The first-order valence-electron chi connectivity index (χ1n) is 16.1. The molecule has 0 saturated heterocycles. The molecular formula is C38H54O2. The van der Waals surface area contributed by atoms with Gasteiger partial charge in [-0.15, -0.1) is 25.7 Å². The highest BCUT2D eigenvalue weighted by Crippen LogP contribution is 2.38. The zero-order valence-corrected chi connectivity index (χ0v) is 25.7. The zero-order chi connectivity index (χ0) is 29.3. The van der Waals surface area contributed by atoms with Crippen LogP contribution in [0.2, 0.25) is 0 Å². The van der Waals surface area contributed by atoms with E-state index < -0.39 is 0 Å². The van der Waals surface area contributed by atoms with Crippen LogP contribution in [0, 0.1) is 49.4 Å². The third-order valence-electron chi connectivity index (χ3n) is 7.47. The first kappa shape index (κ1) is 35.1. The van der Waals surface area contributed by atoms with Crippen molar-refractivity contribution in [3.63, 3.8) is 0 Å². The van der Waals surface area contributed by atoms with Crippen molar-refractivity contribution in [3.8, 4) is 60.9 Å². The van der Waals surface area contributed by atoms with Gasteiger partial charge in [0.2, 0.25) is 0 Å². The van der Waals surface area contributed by atoms with Crippen molar-refractivity contribution in [2.75, 3.05) is 13.2 Å². The molecule has 0 heterocycles. The highest BCUT2D eigenvalue weighted by molar-refractivity contribution is 5.75. The minimum Gasteiger partial charge on any atom is -0.491 e. The second kappa shape index (κ2) is 23.9. The van der Waals surface area contributed by atoms with E-state index in [1.165, 1.54) is 103 Å². The van der Waals surface area contributed by atoms with Crippen LogP contribution in [0.15, 0.2) is 0 Å². The SMILES string of the molecule is C#Cc1c(C#C)c(OCCCCCCCCCCCC)c(C#C)c(C#C)c1OCCCCCCCCCCCC. The average molecular weight is 543 g/mol. The number of terminal acetylenes is 4. The summed E-state index contributed by atoms with van der Waals surface area (Å²) in [4.78, 5) is 0. The second-order valence-electron chi connectivity index (χ2n) is 10.8. The van der Waals surface area contributed by atoms with Crippen molar-refractivity contribution in [1.29, 1.82) is 0 Å². The van der Waals surface area contributed by atoms with Gasteiger partial charge < -0.3 is 9.47 Å². The fourth-order valence-electron chi connectivity index (χ4n) is 5.07. The van der Waals surface area contributed by atoms with E-state index in [2.05, 4.69) is 37.5 Å². The van der Waals surface area contributed by atoms with E-state index in [4.69, 9.17) is 35.2 Å². The number of hydrogen-bond acceptors (Lipinski definition) is 2. The van der Waals surface area contributed by atoms with Gasteiger partial charge in [-0.05, 0) is 12.8 Å². The molecule has 40 heavy (non-hydrogen) atoms. The summed E-state index contributed by atoms with van der Waals surface area (Å²) < 4.78 is 12.3. The molecule has 2 heteroatoms. The second-order valence-corrected chi connectivity index (χ2v) is 10.8. The topological polar surface area (TPSA) is 18.5 Å². The Hall–Kier alpha value is -2.94. The van der Waals surface area contributed by atoms with Gasteiger partial charge in [0.15, 0.2) is 11.5 Å². The first-order valence-corrected chi connectivity index (χ1v) is 16.1. The number of ether oxygens (including phenoxy) is 2. The maximum Gasteiger partial charge on any atom is 0.153 e. The highest BCUT2D eigenvalue weighted by Gasteiger charge is 2.23. The fraction of sp³-hybridized carbons (Fsp3) is 0.632. The smallest absolute Gasteiger partial charge is 0.153 e. The summed E-state index contributed by atoms with van der Waals surface area (Å²) in [6.07, 6.45) is 48.6. The Balaban J connectivity index is 2.63. The van der Waals surface area contributed by atoms with Crippen molar-refractivity contribution in [1.82, 2.24) is 0 Å². The summed E-state index contributed by atoms with van der Waals surface area (Å²) in [5.74, 6) is 11.7. The van der Waals surface area contributed by atoms with Crippen LogP contribution in [0.4, 0.5) is 0 Å². The van der Waals surface area contributed by atoms with Gasteiger partial charge in [0.1, 0.15) is 0 Å². The Morgan fingerprint density at radius 3 is 0.825 bits per heavy atom. The number of rotatable bonds is 24. The van der Waals surface area contributed by atoms with Gasteiger partial charge in [-0.2, -0.15) is 0 Å². The highest BCUT2D eigenvalue weighted by atomic mass is 16.5. The van der Waals surface area contributed by atoms with Gasteiger partial charge in [-0.3, -0.25) is 0 Å². The van der Waals surface area contributed by atoms with E-state index in [1.54, 1.807) is 0 Å². The molecule has 0 N–H and O–H groups in total. The molecule has 0 radical (unpaired) electrons.